The highest BCUT2D eigenvalue weighted by atomic mass is 16.2. The van der Waals surface area contributed by atoms with Crippen molar-refractivity contribution in [3.8, 4) is 11.3 Å². The summed E-state index contributed by atoms with van der Waals surface area (Å²) >= 11 is 0. The number of nitrogens with one attached hydrogen (secondary N) is 1. The Balaban J connectivity index is 1.11. The van der Waals surface area contributed by atoms with E-state index in [-0.39, 0.29) is 30.2 Å². The second-order valence-electron chi connectivity index (χ2n) is 9.30. The van der Waals surface area contributed by atoms with Gasteiger partial charge in [-0.2, -0.15) is 5.10 Å². The molecule has 1 amide bonds. The minimum Gasteiger partial charge on any atom is -0.355 e. The van der Waals surface area contributed by atoms with Crippen molar-refractivity contribution in [2.24, 2.45) is 5.92 Å². The largest absolute Gasteiger partial charge is 0.355 e. The van der Waals surface area contributed by atoms with Crippen LogP contribution in [-0.4, -0.2) is 45.5 Å². The first-order valence-electron chi connectivity index (χ1n) is 12.7. The van der Waals surface area contributed by atoms with Gasteiger partial charge in [-0.05, 0) is 48.9 Å². The molecule has 1 N–H and O–H groups in total. The molecule has 1 saturated heterocycles. The lowest BCUT2D eigenvalue weighted by molar-refractivity contribution is 0.0945. The van der Waals surface area contributed by atoms with Crippen molar-refractivity contribution in [2.75, 3.05) is 24.5 Å². The third-order valence-electron chi connectivity index (χ3n) is 6.73. The highest BCUT2D eigenvalue weighted by Gasteiger charge is 2.21. The smallest absolute Gasteiger partial charge is 0.271 e. The summed E-state index contributed by atoms with van der Waals surface area (Å²) in [6.45, 7) is 2.38. The Kier molecular flexibility index (Phi) is 7.64. The summed E-state index contributed by atoms with van der Waals surface area (Å²) < 4.78 is 1.36. The molecule has 0 saturated carbocycles. The molecule has 1 fully saturated rings. The van der Waals surface area contributed by atoms with E-state index in [4.69, 9.17) is 0 Å². The molecule has 1 aliphatic heterocycles. The SMILES string of the molecule is O=C(NCCn1nc(-c2ccccc2)ccc1=O)c1ccc(N2CCC(Cc3ccccc3)CC2)nn1. The molecule has 4 aromatic rings. The Morgan fingerprint density at radius 3 is 2.30 bits per heavy atom. The van der Waals surface area contributed by atoms with Crippen molar-refractivity contribution in [2.45, 2.75) is 25.8 Å². The van der Waals surface area contributed by atoms with Crippen molar-refractivity contribution < 1.29 is 4.79 Å². The normalized spacial score (nSPS) is 13.9. The number of rotatable bonds is 8. The third-order valence-corrected chi connectivity index (χ3v) is 6.73. The number of carbonyl (C=O) groups is 1. The zero-order valence-electron chi connectivity index (χ0n) is 20.7. The Morgan fingerprint density at radius 2 is 1.59 bits per heavy atom. The van der Waals surface area contributed by atoms with Gasteiger partial charge < -0.3 is 10.2 Å². The molecule has 2 aromatic carbocycles. The lowest BCUT2D eigenvalue weighted by Gasteiger charge is -2.32. The third kappa shape index (κ3) is 6.27. The standard InChI is InChI=1S/C29H30N6O2/c36-28-14-12-25(24-9-5-2-6-10-24)33-35(28)20-17-30-29(37)26-11-13-27(32-31-26)34-18-15-23(16-19-34)21-22-7-3-1-4-8-22/h1-14,23H,15-21H2,(H,30,37). The van der Waals surface area contributed by atoms with E-state index in [1.54, 1.807) is 12.1 Å². The average Bonchev–Trinajstić information content (AvgIpc) is 2.95. The average molecular weight is 495 g/mol. The molecular weight excluding hydrogens is 464 g/mol. The maximum Gasteiger partial charge on any atom is 0.271 e. The second-order valence-corrected chi connectivity index (χ2v) is 9.30. The Morgan fingerprint density at radius 1 is 0.865 bits per heavy atom. The van der Waals surface area contributed by atoms with E-state index < -0.39 is 0 Å². The van der Waals surface area contributed by atoms with Gasteiger partial charge in [-0.1, -0.05) is 60.7 Å². The lowest BCUT2D eigenvalue weighted by atomic mass is 9.90. The topological polar surface area (TPSA) is 93.0 Å². The van der Waals surface area contributed by atoms with Crippen molar-refractivity contribution in [3.05, 3.63) is 107 Å². The zero-order chi connectivity index (χ0) is 25.5. The monoisotopic (exact) mass is 494 g/mol. The van der Waals surface area contributed by atoms with Crippen LogP contribution in [0.5, 0.6) is 0 Å². The second kappa shape index (κ2) is 11.6. The van der Waals surface area contributed by atoms with Gasteiger partial charge in [0.15, 0.2) is 11.5 Å². The van der Waals surface area contributed by atoms with Gasteiger partial charge in [0.05, 0.1) is 12.2 Å². The van der Waals surface area contributed by atoms with Gasteiger partial charge in [-0.15, -0.1) is 10.2 Å². The van der Waals surface area contributed by atoms with Crippen LogP contribution in [0.1, 0.15) is 28.9 Å². The number of amides is 1. The molecule has 8 nitrogen and oxygen atoms in total. The fourth-order valence-electron chi connectivity index (χ4n) is 4.67. The summed E-state index contributed by atoms with van der Waals surface area (Å²) in [6, 6.07) is 27.0. The van der Waals surface area contributed by atoms with E-state index in [0.29, 0.717) is 11.6 Å². The van der Waals surface area contributed by atoms with E-state index in [1.807, 2.05) is 36.4 Å². The Hall–Kier alpha value is -4.33. The Labute approximate surface area is 216 Å². The molecule has 2 aromatic heterocycles. The zero-order valence-corrected chi connectivity index (χ0v) is 20.7. The number of piperidine rings is 1. The maximum absolute atomic E-state index is 12.6. The molecule has 0 unspecified atom stereocenters. The molecule has 188 valence electrons. The fraction of sp³-hybridized carbons (Fsp3) is 0.276. The highest BCUT2D eigenvalue weighted by molar-refractivity contribution is 5.92. The van der Waals surface area contributed by atoms with Gasteiger partial charge in [-0.3, -0.25) is 9.59 Å². The Bertz CT molecular complexity index is 1370. The molecule has 0 radical (unpaired) electrons. The first-order valence-corrected chi connectivity index (χ1v) is 12.7. The summed E-state index contributed by atoms with van der Waals surface area (Å²) in [5.74, 6) is 1.14. The number of aromatic nitrogens is 4. The first-order chi connectivity index (χ1) is 18.2. The van der Waals surface area contributed by atoms with Crippen molar-refractivity contribution in [1.29, 1.82) is 0 Å². The molecule has 0 atom stereocenters. The van der Waals surface area contributed by atoms with Crippen LogP contribution < -0.4 is 15.8 Å². The first kappa shape index (κ1) is 24.4. The van der Waals surface area contributed by atoms with Gasteiger partial charge >= 0.3 is 0 Å². The van der Waals surface area contributed by atoms with E-state index in [9.17, 15) is 9.59 Å². The number of hydrogen-bond acceptors (Lipinski definition) is 6. The number of anilines is 1. The molecule has 37 heavy (non-hydrogen) atoms. The summed E-state index contributed by atoms with van der Waals surface area (Å²) in [4.78, 5) is 27.0. The van der Waals surface area contributed by atoms with Crippen LogP contribution >= 0.6 is 0 Å². The van der Waals surface area contributed by atoms with Crippen LogP contribution in [0.25, 0.3) is 11.3 Å². The van der Waals surface area contributed by atoms with Gasteiger partial charge in [0.1, 0.15) is 0 Å². The summed E-state index contributed by atoms with van der Waals surface area (Å²) in [5, 5.41) is 15.7. The van der Waals surface area contributed by atoms with Crippen molar-refractivity contribution in [3.63, 3.8) is 0 Å². The minimum atomic E-state index is -0.326. The van der Waals surface area contributed by atoms with Crippen LogP contribution in [0.15, 0.2) is 89.7 Å². The van der Waals surface area contributed by atoms with Crippen LogP contribution in [0.2, 0.25) is 0 Å². The minimum absolute atomic E-state index is 0.217. The molecular formula is C29H30N6O2. The van der Waals surface area contributed by atoms with Crippen molar-refractivity contribution in [1.82, 2.24) is 25.3 Å². The van der Waals surface area contributed by atoms with E-state index in [2.05, 4.69) is 55.8 Å². The molecule has 0 aliphatic carbocycles. The number of hydrogen-bond donors (Lipinski definition) is 1. The van der Waals surface area contributed by atoms with Gasteiger partial charge in [0, 0.05) is 31.3 Å². The van der Waals surface area contributed by atoms with Gasteiger partial charge in [0.2, 0.25) is 0 Å². The molecule has 8 heteroatoms. The summed E-state index contributed by atoms with van der Waals surface area (Å²) in [7, 11) is 0. The predicted octanol–water partition coefficient (Wildman–Crippen LogP) is 3.59. The van der Waals surface area contributed by atoms with Crippen LogP contribution in [-0.2, 0) is 13.0 Å². The highest BCUT2D eigenvalue weighted by Crippen LogP contribution is 2.24. The molecule has 0 spiro atoms. The maximum atomic E-state index is 12.6. The fourth-order valence-corrected chi connectivity index (χ4v) is 4.67. The number of nitrogens with zero attached hydrogens (tertiary/aromatic N) is 5. The molecule has 1 aliphatic rings. The van der Waals surface area contributed by atoms with E-state index in [0.717, 1.165) is 43.7 Å². The van der Waals surface area contributed by atoms with Crippen molar-refractivity contribution >= 4 is 11.7 Å². The summed E-state index contributed by atoms with van der Waals surface area (Å²) in [5.41, 5.74) is 3.06. The predicted molar refractivity (Wildman–Crippen MR) is 143 cm³/mol. The number of carbonyl (C=O) groups excluding carboxylic acids is 1. The van der Waals surface area contributed by atoms with E-state index >= 15 is 0 Å². The van der Waals surface area contributed by atoms with Crippen LogP contribution in [0.3, 0.4) is 0 Å². The molecule has 5 rings (SSSR count). The van der Waals surface area contributed by atoms with Crippen LogP contribution in [0, 0.1) is 5.92 Å². The van der Waals surface area contributed by atoms with Gasteiger partial charge in [-0.25, -0.2) is 4.68 Å². The summed E-state index contributed by atoms with van der Waals surface area (Å²) in [6.07, 6.45) is 3.33. The lowest BCUT2D eigenvalue weighted by Crippen LogP contribution is -2.35. The van der Waals surface area contributed by atoms with Crippen LogP contribution in [0.4, 0.5) is 5.82 Å². The quantitative estimate of drug-likeness (QED) is 0.402. The van der Waals surface area contributed by atoms with E-state index in [1.165, 1.54) is 16.3 Å². The molecule has 3 heterocycles. The number of benzene rings is 2. The van der Waals surface area contributed by atoms with Gasteiger partial charge in [0.25, 0.3) is 11.5 Å². The molecule has 0 bridgehead atoms.